The molecule has 112 valence electrons. The van der Waals surface area contributed by atoms with Crippen LogP contribution in [0.2, 0.25) is 0 Å². The standard InChI is InChI=1S/C18H17NO3/c1-22-15-9-7-13(8-10-15)11-19-12-16(17(20)18(19)21)14-5-3-2-4-6-14/h2-10,16H,11-12H2,1H3. The second kappa shape index (κ2) is 6.02. The minimum atomic E-state index is -0.398. The molecule has 4 nitrogen and oxygen atoms in total. The maximum Gasteiger partial charge on any atom is 0.291 e. The summed E-state index contributed by atoms with van der Waals surface area (Å²) in [6.07, 6.45) is 0. The summed E-state index contributed by atoms with van der Waals surface area (Å²) in [6.45, 7) is 0.881. The fourth-order valence-corrected chi connectivity index (χ4v) is 2.72. The van der Waals surface area contributed by atoms with E-state index in [-0.39, 0.29) is 11.7 Å². The van der Waals surface area contributed by atoms with E-state index in [0.717, 1.165) is 16.9 Å². The highest BCUT2D eigenvalue weighted by Crippen LogP contribution is 2.26. The van der Waals surface area contributed by atoms with Crippen LogP contribution in [0.5, 0.6) is 5.75 Å². The van der Waals surface area contributed by atoms with Crippen molar-refractivity contribution in [1.82, 2.24) is 4.90 Å². The first-order valence-corrected chi connectivity index (χ1v) is 7.20. The molecule has 2 aromatic carbocycles. The molecule has 0 bridgehead atoms. The zero-order valence-electron chi connectivity index (χ0n) is 12.4. The van der Waals surface area contributed by atoms with Gasteiger partial charge in [0.25, 0.3) is 5.91 Å². The zero-order valence-corrected chi connectivity index (χ0v) is 12.4. The molecular weight excluding hydrogens is 278 g/mol. The van der Waals surface area contributed by atoms with Crippen LogP contribution >= 0.6 is 0 Å². The first-order chi connectivity index (χ1) is 10.7. The summed E-state index contributed by atoms with van der Waals surface area (Å²) in [7, 11) is 1.61. The molecule has 3 rings (SSSR count). The van der Waals surface area contributed by atoms with Gasteiger partial charge in [-0.2, -0.15) is 0 Å². The zero-order chi connectivity index (χ0) is 15.5. The highest BCUT2D eigenvalue weighted by atomic mass is 16.5. The van der Waals surface area contributed by atoms with Crippen molar-refractivity contribution in [2.45, 2.75) is 12.5 Å². The summed E-state index contributed by atoms with van der Waals surface area (Å²) in [5, 5.41) is 0. The first-order valence-electron chi connectivity index (χ1n) is 7.20. The summed E-state index contributed by atoms with van der Waals surface area (Å²) in [4.78, 5) is 26.0. The number of rotatable bonds is 4. The molecular formula is C18H17NO3. The second-order valence-electron chi connectivity index (χ2n) is 5.36. The van der Waals surface area contributed by atoms with Gasteiger partial charge in [0, 0.05) is 13.1 Å². The van der Waals surface area contributed by atoms with E-state index in [4.69, 9.17) is 4.74 Å². The number of hydrogen-bond acceptors (Lipinski definition) is 3. The molecule has 0 aliphatic carbocycles. The van der Waals surface area contributed by atoms with E-state index in [2.05, 4.69) is 0 Å². The quantitative estimate of drug-likeness (QED) is 0.814. The van der Waals surface area contributed by atoms with Crippen LogP contribution in [0.25, 0.3) is 0 Å². The number of benzene rings is 2. The molecule has 0 N–H and O–H groups in total. The highest BCUT2D eigenvalue weighted by molar-refractivity contribution is 6.40. The third-order valence-corrected chi connectivity index (χ3v) is 3.95. The van der Waals surface area contributed by atoms with E-state index < -0.39 is 5.91 Å². The van der Waals surface area contributed by atoms with E-state index in [0.29, 0.717) is 13.1 Å². The summed E-state index contributed by atoms with van der Waals surface area (Å²) in [5.74, 6) is -0.300. The molecule has 1 fully saturated rings. The van der Waals surface area contributed by atoms with Crippen LogP contribution in [0, 0.1) is 0 Å². The van der Waals surface area contributed by atoms with Crippen molar-refractivity contribution in [3.05, 3.63) is 65.7 Å². The maximum atomic E-state index is 12.2. The normalized spacial score (nSPS) is 17.9. The average molecular weight is 295 g/mol. The Morgan fingerprint density at radius 2 is 1.73 bits per heavy atom. The van der Waals surface area contributed by atoms with Crippen LogP contribution in [-0.2, 0) is 16.1 Å². The van der Waals surface area contributed by atoms with Crippen LogP contribution in [-0.4, -0.2) is 30.2 Å². The van der Waals surface area contributed by atoms with Gasteiger partial charge < -0.3 is 9.64 Å². The van der Waals surface area contributed by atoms with Crippen molar-refractivity contribution in [2.24, 2.45) is 0 Å². The molecule has 0 aromatic heterocycles. The number of nitrogens with zero attached hydrogens (tertiary/aromatic N) is 1. The number of carbonyl (C=O) groups excluding carboxylic acids is 2. The molecule has 1 saturated heterocycles. The van der Waals surface area contributed by atoms with Crippen molar-refractivity contribution in [3.8, 4) is 5.75 Å². The van der Waals surface area contributed by atoms with Gasteiger partial charge in [-0.25, -0.2) is 0 Å². The molecule has 1 amide bonds. The molecule has 0 spiro atoms. The number of hydrogen-bond donors (Lipinski definition) is 0. The fourth-order valence-electron chi connectivity index (χ4n) is 2.72. The molecule has 1 atom stereocenters. The monoisotopic (exact) mass is 295 g/mol. The Morgan fingerprint density at radius 1 is 1.05 bits per heavy atom. The molecule has 1 heterocycles. The van der Waals surface area contributed by atoms with E-state index in [9.17, 15) is 9.59 Å². The first kappa shape index (κ1) is 14.3. The minimum Gasteiger partial charge on any atom is -0.497 e. The van der Waals surface area contributed by atoms with Gasteiger partial charge in [0.05, 0.1) is 13.0 Å². The SMILES string of the molecule is COc1ccc(CN2CC(c3ccccc3)C(=O)C2=O)cc1. The Labute approximate surface area is 129 Å². The number of Topliss-reactive ketones (excluding diaryl/α,β-unsaturated/α-hetero) is 1. The number of amides is 1. The topological polar surface area (TPSA) is 46.6 Å². The Morgan fingerprint density at radius 3 is 2.36 bits per heavy atom. The van der Waals surface area contributed by atoms with Gasteiger partial charge in [-0.3, -0.25) is 9.59 Å². The smallest absolute Gasteiger partial charge is 0.291 e. The second-order valence-corrected chi connectivity index (χ2v) is 5.36. The van der Waals surface area contributed by atoms with E-state index >= 15 is 0 Å². The van der Waals surface area contributed by atoms with Gasteiger partial charge >= 0.3 is 0 Å². The molecule has 0 radical (unpaired) electrons. The number of ketones is 1. The van der Waals surface area contributed by atoms with Crippen LogP contribution in [0.15, 0.2) is 54.6 Å². The minimum absolute atomic E-state index is 0.320. The number of likely N-dealkylation sites (tertiary alicyclic amines) is 1. The van der Waals surface area contributed by atoms with E-state index in [1.54, 1.807) is 12.0 Å². The lowest BCUT2D eigenvalue weighted by molar-refractivity contribution is -0.140. The van der Waals surface area contributed by atoms with Gasteiger partial charge in [-0.15, -0.1) is 0 Å². The van der Waals surface area contributed by atoms with Crippen molar-refractivity contribution in [1.29, 1.82) is 0 Å². The Kier molecular flexibility index (Phi) is 3.92. The van der Waals surface area contributed by atoms with Crippen molar-refractivity contribution >= 4 is 11.7 Å². The summed E-state index contributed by atoms with van der Waals surface area (Å²) in [6, 6.07) is 17.0. The van der Waals surface area contributed by atoms with Crippen LogP contribution in [0.3, 0.4) is 0 Å². The fraction of sp³-hybridized carbons (Fsp3) is 0.222. The van der Waals surface area contributed by atoms with Gasteiger partial charge in [0.15, 0.2) is 0 Å². The summed E-state index contributed by atoms with van der Waals surface area (Å²) in [5.41, 5.74) is 1.88. The third kappa shape index (κ3) is 2.72. The average Bonchev–Trinajstić information content (AvgIpc) is 2.85. The number of methoxy groups -OCH3 is 1. The largest absolute Gasteiger partial charge is 0.497 e. The van der Waals surface area contributed by atoms with Gasteiger partial charge in [0.2, 0.25) is 5.78 Å². The summed E-state index contributed by atoms with van der Waals surface area (Å²) >= 11 is 0. The van der Waals surface area contributed by atoms with Crippen LogP contribution in [0.4, 0.5) is 0 Å². The van der Waals surface area contributed by atoms with E-state index in [1.165, 1.54) is 0 Å². The van der Waals surface area contributed by atoms with Gasteiger partial charge in [-0.1, -0.05) is 42.5 Å². The Bertz CT molecular complexity index is 679. The molecule has 1 aliphatic rings. The van der Waals surface area contributed by atoms with E-state index in [1.807, 2.05) is 54.6 Å². The van der Waals surface area contributed by atoms with Crippen LogP contribution in [0.1, 0.15) is 17.0 Å². The van der Waals surface area contributed by atoms with Crippen LogP contribution < -0.4 is 4.74 Å². The molecule has 2 aromatic rings. The lowest BCUT2D eigenvalue weighted by Crippen LogP contribution is -2.26. The predicted molar refractivity (Wildman–Crippen MR) is 82.6 cm³/mol. The Hall–Kier alpha value is -2.62. The number of ether oxygens (including phenoxy) is 1. The van der Waals surface area contributed by atoms with Crippen molar-refractivity contribution in [2.75, 3.05) is 13.7 Å². The molecule has 1 unspecified atom stereocenters. The molecule has 22 heavy (non-hydrogen) atoms. The lowest BCUT2D eigenvalue weighted by atomic mass is 9.97. The summed E-state index contributed by atoms with van der Waals surface area (Å²) < 4.78 is 5.12. The number of carbonyl (C=O) groups is 2. The lowest BCUT2D eigenvalue weighted by Gasteiger charge is -2.16. The van der Waals surface area contributed by atoms with Crippen molar-refractivity contribution < 1.29 is 14.3 Å². The molecule has 0 saturated carbocycles. The highest BCUT2D eigenvalue weighted by Gasteiger charge is 2.39. The predicted octanol–water partition coefficient (Wildman–Crippen LogP) is 2.39. The van der Waals surface area contributed by atoms with Gasteiger partial charge in [-0.05, 0) is 23.3 Å². The third-order valence-electron chi connectivity index (χ3n) is 3.95. The van der Waals surface area contributed by atoms with Crippen molar-refractivity contribution in [3.63, 3.8) is 0 Å². The molecule has 4 heteroatoms. The maximum absolute atomic E-state index is 12.2. The molecule has 1 aliphatic heterocycles. The van der Waals surface area contributed by atoms with Gasteiger partial charge in [0.1, 0.15) is 5.75 Å². The Balaban J connectivity index is 1.75.